The zero-order chi connectivity index (χ0) is 11.4. The van der Waals surface area contributed by atoms with E-state index in [0.29, 0.717) is 12.0 Å². The SMILES string of the molecule is CN(CCN=C(N)NC1CCCC1)C1CC1.I. The molecule has 3 N–H and O–H groups in total. The van der Waals surface area contributed by atoms with Crippen molar-refractivity contribution < 1.29 is 0 Å². The Morgan fingerprint density at radius 2 is 1.94 bits per heavy atom. The van der Waals surface area contributed by atoms with Gasteiger partial charge >= 0.3 is 0 Å². The molecule has 17 heavy (non-hydrogen) atoms. The van der Waals surface area contributed by atoms with Gasteiger partial charge in [-0.2, -0.15) is 0 Å². The molecule has 2 saturated carbocycles. The van der Waals surface area contributed by atoms with Crippen LogP contribution in [0, 0.1) is 0 Å². The summed E-state index contributed by atoms with van der Waals surface area (Å²) in [4.78, 5) is 6.76. The minimum Gasteiger partial charge on any atom is -0.370 e. The maximum Gasteiger partial charge on any atom is 0.188 e. The number of aliphatic imine (C=N–C) groups is 1. The van der Waals surface area contributed by atoms with Gasteiger partial charge in [0.05, 0.1) is 6.54 Å². The molecule has 0 heterocycles. The fraction of sp³-hybridized carbons (Fsp3) is 0.917. The molecular formula is C12H25IN4. The Balaban J connectivity index is 0.00000144. The number of nitrogens with two attached hydrogens (primary N) is 1. The van der Waals surface area contributed by atoms with Gasteiger partial charge in [-0.05, 0) is 32.7 Å². The molecule has 100 valence electrons. The highest BCUT2D eigenvalue weighted by Gasteiger charge is 2.25. The van der Waals surface area contributed by atoms with Gasteiger partial charge in [0.25, 0.3) is 0 Å². The van der Waals surface area contributed by atoms with Crippen LogP contribution < -0.4 is 11.1 Å². The van der Waals surface area contributed by atoms with Crippen molar-refractivity contribution in [1.82, 2.24) is 10.2 Å². The fourth-order valence-electron chi connectivity index (χ4n) is 2.35. The Bertz CT molecular complexity index is 247. The molecule has 0 aromatic heterocycles. The smallest absolute Gasteiger partial charge is 0.188 e. The first-order valence-electron chi connectivity index (χ1n) is 6.52. The molecule has 0 amide bonds. The molecule has 2 aliphatic carbocycles. The maximum absolute atomic E-state index is 5.85. The van der Waals surface area contributed by atoms with Crippen LogP contribution in [0.1, 0.15) is 38.5 Å². The zero-order valence-electron chi connectivity index (χ0n) is 10.7. The lowest BCUT2D eigenvalue weighted by Gasteiger charge is -2.15. The molecule has 4 nitrogen and oxygen atoms in total. The van der Waals surface area contributed by atoms with Gasteiger partial charge in [-0.15, -0.1) is 24.0 Å². The van der Waals surface area contributed by atoms with Gasteiger partial charge in [0.1, 0.15) is 0 Å². The predicted molar refractivity (Wildman–Crippen MR) is 82.9 cm³/mol. The summed E-state index contributed by atoms with van der Waals surface area (Å²) < 4.78 is 0. The summed E-state index contributed by atoms with van der Waals surface area (Å²) in [5.74, 6) is 0.635. The molecule has 2 rings (SSSR count). The first-order chi connectivity index (χ1) is 7.75. The molecule has 0 spiro atoms. The van der Waals surface area contributed by atoms with Crippen LogP contribution in [0.4, 0.5) is 0 Å². The molecule has 0 aromatic carbocycles. The molecule has 0 bridgehead atoms. The molecular weight excluding hydrogens is 327 g/mol. The van der Waals surface area contributed by atoms with Crippen LogP contribution >= 0.6 is 24.0 Å². The summed E-state index contributed by atoms with van der Waals surface area (Å²) in [5, 5.41) is 3.31. The normalized spacial score (nSPS) is 21.6. The average molecular weight is 352 g/mol. The number of rotatable bonds is 5. The van der Waals surface area contributed by atoms with Crippen molar-refractivity contribution in [3.8, 4) is 0 Å². The topological polar surface area (TPSA) is 53.6 Å². The molecule has 0 aliphatic heterocycles. The van der Waals surface area contributed by atoms with Crippen LogP contribution in [0.25, 0.3) is 0 Å². The van der Waals surface area contributed by atoms with E-state index >= 15 is 0 Å². The van der Waals surface area contributed by atoms with Gasteiger partial charge in [-0.3, -0.25) is 4.99 Å². The lowest BCUT2D eigenvalue weighted by Crippen LogP contribution is -2.39. The minimum atomic E-state index is 0. The number of guanidine groups is 1. The number of halogens is 1. The Morgan fingerprint density at radius 3 is 2.53 bits per heavy atom. The van der Waals surface area contributed by atoms with Crippen LogP contribution in [0.5, 0.6) is 0 Å². The highest BCUT2D eigenvalue weighted by atomic mass is 127. The summed E-state index contributed by atoms with van der Waals surface area (Å²) in [7, 11) is 2.17. The second-order valence-corrected chi connectivity index (χ2v) is 5.10. The largest absolute Gasteiger partial charge is 0.370 e. The van der Waals surface area contributed by atoms with Gasteiger partial charge in [0.15, 0.2) is 5.96 Å². The molecule has 2 fully saturated rings. The number of hydrogen-bond acceptors (Lipinski definition) is 2. The summed E-state index contributed by atoms with van der Waals surface area (Å²) in [6, 6.07) is 1.39. The Morgan fingerprint density at radius 1 is 1.29 bits per heavy atom. The Hall–Kier alpha value is -0.0400. The van der Waals surface area contributed by atoms with Gasteiger partial charge in [-0.25, -0.2) is 0 Å². The van der Waals surface area contributed by atoms with Crippen LogP contribution in [-0.4, -0.2) is 43.1 Å². The third-order valence-corrected chi connectivity index (χ3v) is 3.61. The Labute approximate surface area is 121 Å². The second-order valence-electron chi connectivity index (χ2n) is 5.10. The van der Waals surface area contributed by atoms with E-state index in [1.54, 1.807) is 0 Å². The molecule has 0 saturated heterocycles. The fourth-order valence-corrected chi connectivity index (χ4v) is 2.35. The third-order valence-electron chi connectivity index (χ3n) is 3.61. The van der Waals surface area contributed by atoms with Gasteiger partial charge in [0.2, 0.25) is 0 Å². The summed E-state index contributed by atoms with van der Waals surface area (Å²) in [6.07, 6.45) is 7.87. The van der Waals surface area contributed by atoms with Crippen molar-refractivity contribution in [2.45, 2.75) is 50.6 Å². The van der Waals surface area contributed by atoms with Crippen LogP contribution in [0.15, 0.2) is 4.99 Å². The zero-order valence-corrected chi connectivity index (χ0v) is 13.0. The molecule has 5 heteroatoms. The van der Waals surface area contributed by atoms with E-state index in [2.05, 4.69) is 22.3 Å². The van der Waals surface area contributed by atoms with E-state index < -0.39 is 0 Å². The number of likely N-dealkylation sites (N-methyl/N-ethyl adjacent to an activating group) is 1. The standard InChI is InChI=1S/C12H24N4.HI/c1-16(11-6-7-11)9-8-14-12(13)15-10-4-2-3-5-10;/h10-11H,2-9H2,1H3,(H3,13,14,15);1H. The minimum absolute atomic E-state index is 0. The summed E-state index contributed by atoms with van der Waals surface area (Å²) >= 11 is 0. The molecule has 0 aromatic rings. The van der Waals surface area contributed by atoms with Crippen molar-refractivity contribution in [2.75, 3.05) is 20.1 Å². The second kappa shape index (κ2) is 7.41. The highest BCUT2D eigenvalue weighted by Crippen LogP contribution is 2.24. The first-order valence-corrected chi connectivity index (χ1v) is 6.52. The third kappa shape index (κ3) is 5.42. The number of nitrogens with zero attached hydrogens (tertiary/aromatic N) is 2. The maximum atomic E-state index is 5.85. The van der Waals surface area contributed by atoms with Crippen molar-refractivity contribution >= 4 is 29.9 Å². The lowest BCUT2D eigenvalue weighted by atomic mass is 10.2. The van der Waals surface area contributed by atoms with Crippen LogP contribution in [0.2, 0.25) is 0 Å². The van der Waals surface area contributed by atoms with E-state index in [1.807, 2.05) is 0 Å². The quantitative estimate of drug-likeness (QED) is 0.448. The monoisotopic (exact) mass is 352 g/mol. The highest BCUT2D eigenvalue weighted by molar-refractivity contribution is 14.0. The van der Waals surface area contributed by atoms with Crippen molar-refractivity contribution in [3.63, 3.8) is 0 Å². The summed E-state index contributed by atoms with van der Waals surface area (Å²) in [6.45, 7) is 1.84. The molecule has 0 radical (unpaired) electrons. The number of hydrogen-bond donors (Lipinski definition) is 2. The summed E-state index contributed by atoms with van der Waals surface area (Å²) in [5.41, 5.74) is 5.85. The van der Waals surface area contributed by atoms with Crippen molar-refractivity contribution in [1.29, 1.82) is 0 Å². The van der Waals surface area contributed by atoms with Crippen LogP contribution in [-0.2, 0) is 0 Å². The van der Waals surface area contributed by atoms with E-state index in [0.717, 1.165) is 19.1 Å². The van der Waals surface area contributed by atoms with Crippen LogP contribution in [0.3, 0.4) is 0 Å². The predicted octanol–water partition coefficient (Wildman–Crippen LogP) is 1.55. The molecule has 0 unspecified atom stereocenters. The molecule has 2 aliphatic rings. The van der Waals surface area contributed by atoms with Gasteiger partial charge in [0, 0.05) is 18.6 Å². The number of nitrogens with one attached hydrogen (secondary N) is 1. The van der Waals surface area contributed by atoms with Crippen molar-refractivity contribution in [3.05, 3.63) is 0 Å². The average Bonchev–Trinajstić information content (AvgIpc) is 2.99. The van der Waals surface area contributed by atoms with E-state index in [4.69, 9.17) is 5.73 Å². The van der Waals surface area contributed by atoms with E-state index in [-0.39, 0.29) is 24.0 Å². The van der Waals surface area contributed by atoms with Gasteiger partial charge < -0.3 is 16.0 Å². The Kier molecular flexibility index (Phi) is 6.54. The lowest BCUT2D eigenvalue weighted by molar-refractivity contribution is 0.333. The van der Waals surface area contributed by atoms with Gasteiger partial charge in [-0.1, -0.05) is 12.8 Å². The molecule has 0 atom stereocenters. The van der Waals surface area contributed by atoms with E-state index in [9.17, 15) is 0 Å². The van der Waals surface area contributed by atoms with Crippen molar-refractivity contribution in [2.24, 2.45) is 10.7 Å². The first kappa shape index (κ1) is 15.0. The van der Waals surface area contributed by atoms with E-state index in [1.165, 1.54) is 38.5 Å².